The largest absolute Gasteiger partial charge is 0.353 e. The van der Waals surface area contributed by atoms with E-state index in [1.165, 1.54) is 25.7 Å². The highest BCUT2D eigenvalue weighted by Crippen LogP contribution is 2.32. The van der Waals surface area contributed by atoms with Crippen LogP contribution >= 0.6 is 12.4 Å². The third-order valence-corrected chi connectivity index (χ3v) is 4.52. The van der Waals surface area contributed by atoms with Crippen LogP contribution < -0.4 is 11.1 Å². The van der Waals surface area contributed by atoms with Crippen LogP contribution in [-0.2, 0) is 4.79 Å². The summed E-state index contributed by atoms with van der Waals surface area (Å²) in [5.41, 5.74) is 5.97. The third-order valence-electron chi connectivity index (χ3n) is 4.52. The average Bonchev–Trinajstić information content (AvgIpc) is 2.29. The van der Waals surface area contributed by atoms with E-state index in [9.17, 15) is 4.79 Å². The van der Waals surface area contributed by atoms with E-state index in [-0.39, 0.29) is 29.8 Å². The molecule has 18 heavy (non-hydrogen) atoms. The van der Waals surface area contributed by atoms with Gasteiger partial charge in [0.15, 0.2) is 0 Å². The lowest BCUT2D eigenvalue weighted by atomic mass is 9.74. The second-order valence-corrected chi connectivity index (χ2v) is 6.15. The molecule has 0 aromatic rings. The predicted molar refractivity (Wildman–Crippen MR) is 76.8 cm³/mol. The van der Waals surface area contributed by atoms with Gasteiger partial charge in [0.2, 0.25) is 5.91 Å². The van der Waals surface area contributed by atoms with E-state index < -0.39 is 0 Å². The van der Waals surface area contributed by atoms with Crippen molar-refractivity contribution in [3.63, 3.8) is 0 Å². The molecule has 2 aliphatic rings. The fourth-order valence-electron chi connectivity index (χ4n) is 3.34. The van der Waals surface area contributed by atoms with E-state index in [1.54, 1.807) is 0 Å². The maximum absolute atomic E-state index is 12.3. The van der Waals surface area contributed by atoms with E-state index in [0.29, 0.717) is 6.04 Å². The zero-order valence-electron chi connectivity index (χ0n) is 11.4. The Morgan fingerprint density at radius 3 is 2.33 bits per heavy atom. The normalized spacial score (nSPS) is 33.6. The molecule has 0 aromatic heterocycles. The van der Waals surface area contributed by atoms with Crippen LogP contribution in [0.3, 0.4) is 0 Å². The van der Waals surface area contributed by atoms with Gasteiger partial charge in [0.05, 0.1) is 5.92 Å². The molecule has 3 nitrogen and oxygen atoms in total. The fraction of sp³-hybridized carbons (Fsp3) is 0.929. The molecule has 0 heterocycles. The van der Waals surface area contributed by atoms with Crippen LogP contribution in [0.25, 0.3) is 0 Å². The van der Waals surface area contributed by atoms with Crippen molar-refractivity contribution in [2.45, 2.75) is 76.3 Å². The Labute approximate surface area is 117 Å². The minimum absolute atomic E-state index is 0. The van der Waals surface area contributed by atoms with Gasteiger partial charge in [-0.25, -0.2) is 0 Å². The SMILES string of the molecule is CC1(N)CCCCC1C(=O)NC1CCCCC1.Cl. The molecule has 2 fully saturated rings. The molecule has 1 amide bonds. The third kappa shape index (κ3) is 3.86. The minimum Gasteiger partial charge on any atom is -0.353 e. The number of carbonyl (C=O) groups excluding carboxylic acids is 1. The van der Waals surface area contributed by atoms with Crippen molar-refractivity contribution in [2.75, 3.05) is 0 Å². The first-order valence-electron chi connectivity index (χ1n) is 7.19. The summed E-state index contributed by atoms with van der Waals surface area (Å²) in [6.07, 6.45) is 10.4. The van der Waals surface area contributed by atoms with Crippen LogP contribution in [0.15, 0.2) is 0 Å². The van der Waals surface area contributed by atoms with Crippen LogP contribution in [-0.4, -0.2) is 17.5 Å². The molecule has 0 aromatic carbocycles. The van der Waals surface area contributed by atoms with Gasteiger partial charge in [-0.3, -0.25) is 4.79 Å². The Kier molecular flexibility index (Phi) is 5.93. The first-order valence-corrected chi connectivity index (χ1v) is 7.19. The maximum atomic E-state index is 12.3. The van der Waals surface area contributed by atoms with Gasteiger partial charge in [-0.15, -0.1) is 12.4 Å². The average molecular weight is 275 g/mol. The van der Waals surface area contributed by atoms with Crippen molar-refractivity contribution in [3.8, 4) is 0 Å². The summed E-state index contributed by atoms with van der Waals surface area (Å²) in [5.74, 6) is 0.236. The molecule has 0 bridgehead atoms. The number of hydrogen-bond acceptors (Lipinski definition) is 2. The number of rotatable bonds is 2. The summed E-state index contributed by atoms with van der Waals surface area (Å²) in [5, 5.41) is 3.23. The van der Waals surface area contributed by atoms with E-state index in [1.807, 2.05) is 6.92 Å². The number of hydrogen-bond donors (Lipinski definition) is 2. The van der Waals surface area contributed by atoms with Gasteiger partial charge in [0.25, 0.3) is 0 Å². The van der Waals surface area contributed by atoms with Crippen molar-refractivity contribution >= 4 is 18.3 Å². The Morgan fingerprint density at radius 2 is 1.72 bits per heavy atom. The van der Waals surface area contributed by atoms with Gasteiger partial charge in [0.1, 0.15) is 0 Å². The molecular formula is C14H27ClN2O. The molecular weight excluding hydrogens is 248 g/mol. The van der Waals surface area contributed by atoms with Crippen LogP contribution in [0, 0.1) is 5.92 Å². The Morgan fingerprint density at radius 1 is 1.11 bits per heavy atom. The standard InChI is InChI=1S/C14H26N2O.ClH/c1-14(15)10-6-5-9-12(14)13(17)16-11-7-3-2-4-8-11;/h11-12H,2-10,15H2,1H3,(H,16,17);1H. The lowest BCUT2D eigenvalue weighted by molar-refractivity contribution is -0.129. The predicted octanol–water partition coefficient (Wildman–Crippen LogP) is 2.76. The molecule has 2 rings (SSSR count). The minimum atomic E-state index is -0.295. The van der Waals surface area contributed by atoms with Gasteiger partial charge in [-0.05, 0) is 32.6 Å². The van der Waals surface area contributed by atoms with E-state index >= 15 is 0 Å². The lowest BCUT2D eigenvalue weighted by Gasteiger charge is -2.38. The summed E-state index contributed by atoms with van der Waals surface area (Å²) >= 11 is 0. The van der Waals surface area contributed by atoms with E-state index in [0.717, 1.165) is 32.1 Å². The molecule has 0 saturated heterocycles. The van der Waals surface area contributed by atoms with Crippen molar-refractivity contribution in [1.29, 1.82) is 0 Å². The Bertz CT molecular complexity index is 275. The molecule has 2 unspecified atom stereocenters. The van der Waals surface area contributed by atoms with Crippen molar-refractivity contribution in [1.82, 2.24) is 5.32 Å². The monoisotopic (exact) mass is 274 g/mol. The van der Waals surface area contributed by atoms with Crippen LogP contribution in [0.5, 0.6) is 0 Å². The molecule has 0 radical (unpaired) electrons. The smallest absolute Gasteiger partial charge is 0.225 e. The molecule has 2 aliphatic carbocycles. The van der Waals surface area contributed by atoms with Gasteiger partial charge in [-0.2, -0.15) is 0 Å². The fourth-order valence-corrected chi connectivity index (χ4v) is 3.34. The first-order chi connectivity index (χ1) is 8.09. The van der Waals surface area contributed by atoms with E-state index in [2.05, 4.69) is 5.32 Å². The molecule has 2 atom stereocenters. The summed E-state index contributed by atoms with van der Waals surface area (Å²) in [7, 11) is 0. The van der Waals surface area contributed by atoms with Crippen molar-refractivity contribution in [3.05, 3.63) is 0 Å². The summed E-state index contributed by atoms with van der Waals surface area (Å²) in [6.45, 7) is 2.04. The van der Waals surface area contributed by atoms with Gasteiger partial charge in [0, 0.05) is 11.6 Å². The van der Waals surface area contributed by atoms with E-state index in [4.69, 9.17) is 5.73 Å². The van der Waals surface area contributed by atoms with Crippen LogP contribution in [0.1, 0.15) is 64.7 Å². The molecule has 0 spiro atoms. The number of amides is 1. The first kappa shape index (κ1) is 15.8. The number of carbonyl (C=O) groups is 1. The summed E-state index contributed by atoms with van der Waals surface area (Å²) in [6, 6.07) is 0.411. The highest BCUT2D eigenvalue weighted by atomic mass is 35.5. The highest BCUT2D eigenvalue weighted by Gasteiger charge is 2.38. The van der Waals surface area contributed by atoms with Crippen LogP contribution in [0.4, 0.5) is 0 Å². The van der Waals surface area contributed by atoms with Crippen molar-refractivity contribution in [2.24, 2.45) is 11.7 Å². The topological polar surface area (TPSA) is 55.1 Å². The number of halogens is 1. The summed E-state index contributed by atoms with van der Waals surface area (Å²) < 4.78 is 0. The van der Waals surface area contributed by atoms with Crippen LogP contribution in [0.2, 0.25) is 0 Å². The summed E-state index contributed by atoms with van der Waals surface area (Å²) in [4.78, 5) is 12.3. The van der Waals surface area contributed by atoms with Crippen molar-refractivity contribution < 1.29 is 4.79 Å². The second kappa shape index (κ2) is 6.76. The number of nitrogens with two attached hydrogens (primary N) is 1. The van der Waals surface area contributed by atoms with Gasteiger partial charge >= 0.3 is 0 Å². The van der Waals surface area contributed by atoms with Gasteiger partial charge in [-0.1, -0.05) is 32.1 Å². The zero-order valence-corrected chi connectivity index (χ0v) is 12.2. The molecule has 106 valence electrons. The maximum Gasteiger partial charge on any atom is 0.225 e. The molecule has 3 N–H and O–H groups in total. The Hall–Kier alpha value is -0.280. The highest BCUT2D eigenvalue weighted by molar-refractivity contribution is 5.85. The zero-order chi connectivity index (χ0) is 12.3. The van der Waals surface area contributed by atoms with Gasteiger partial charge < -0.3 is 11.1 Å². The molecule has 2 saturated carbocycles. The quantitative estimate of drug-likeness (QED) is 0.814. The second-order valence-electron chi connectivity index (χ2n) is 6.15. The number of nitrogens with one attached hydrogen (secondary N) is 1. The molecule has 0 aliphatic heterocycles. The lowest BCUT2D eigenvalue weighted by Crippen LogP contribution is -2.54. The Balaban J connectivity index is 0.00000162. The molecule has 4 heteroatoms.